The van der Waals surface area contributed by atoms with E-state index in [1.165, 1.54) is 6.26 Å². The summed E-state index contributed by atoms with van der Waals surface area (Å²) < 4.78 is 6.99. The zero-order chi connectivity index (χ0) is 13.0. The van der Waals surface area contributed by atoms with Crippen LogP contribution >= 0.6 is 11.8 Å². The molecule has 2 heterocycles. The fourth-order valence-corrected chi connectivity index (χ4v) is 2.06. The first kappa shape index (κ1) is 12.4. The molecule has 2 aromatic heterocycles. The molecule has 18 heavy (non-hydrogen) atoms. The van der Waals surface area contributed by atoms with Gasteiger partial charge in [0.05, 0.1) is 12.2 Å². The maximum atomic E-state index is 10.4. The third-order valence-corrected chi connectivity index (χ3v) is 3.03. The van der Waals surface area contributed by atoms with Gasteiger partial charge in [0.25, 0.3) is 0 Å². The SMILES string of the molecule is C=CCn1c(SCC(=O)[O-])nnc1-c1ccco1. The summed E-state index contributed by atoms with van der Waals surface area (Å²) in [4.78, 5) is 10.4. The van der Waals surface area contributed by atoms with Crippen LogP contribution < -0.4 is 5.11 Å². The molecule has 0 fully saturated rings. The number of carbonyl (C=O) groups excluding carboxylic acids is 1. The lowest BCUT2D eigenvalue weighted by Gasteiger charge is -2.06. The summed E-state index contributed by atoms with van der Waals surface area (Å²) in [7, 11) is 0. The van der Waals surface area contributed by atoms with Gasteiger partial charge >= 0.3 is 0 Å². The molecular formula is C11H10N3O3S-. The van der Waals surface area contributed by atoms with E-state index in [0.29, 0.717) is 23.3 Å². The molecule has 0 aliphatic heterocycles. The normalized spacial score (nSPS) is 10.4. The molecule has 0 N–H and O–H groups in total. The summed E-state index contributed by atoms with van der Waals surface area (Å²) in [6.07, 6.45) is 3.22. The van der Waals surface area contributed by atoms with E-state index in [1.807, 2.05) is 0 Å². The topological polar surface area (TPSA) is 84.0 Å². The first-order chi connectivity index (χ1) is 8.72. The van der Waals surface area contributed by atoms with Gasteiger partial charge in [-0.3, -0.25) is 4.57 Å². The number of thioether (sulfide) groups is 1. The molecule has 0 saturated carbocycles. The van der Waals surface area contributed by atoms with Gasteiger partial charge in [0, 0.05) is 12.3 Å². The number of carboxylic acid groups (broad SMARTS) is 1. The van der Waals surface area contributed by atoms with Gasteiger partial charge in [0.2, 0.25) is 5.82 Å². The lowest BCUT2D eigenvalue weighted by atomic mass is 10.4. The molecule has 0 aliphatic rings. The largest absolute Gasteiger partial charge is 0.549 e. The molecule has 2 aromatic rings. The molecule has 0 bridgehead atoms. The number of furan rings is 1. The predicted octanol–water partition coefficient (Wildman–Crippen LogP) is 0.566. The van der Waals surface area contributed by atoms with Crippen LogP contribution in [0.3, 0.4) is 0 Å². The third-order valence-electron chi connectivity index (χ3n) is 2.09. The molecule has 94 valence electrons. The average molecular weight is 264 g/mol. The van der Waals surface area contributed by atoms with Crippen LogP contribution in [0.25, 0.3) is 11.6 Å². The quantitative estimate of drug-likeness (QED) is 0.560. The summed E-state index contributed by atoms with van der Waals surface area (Å²) in [5.74, 6) is -0.203. The molecule has 0 unspecified atom stereocenters. The summed E-state index contributed by atoms with van der Waals surface area (Å²) >= 11 is 1.05. The fourth-order valence-electron chi connectivity index (χ4n) is 1.40. The highest BCUT2D eigenvalue weighted by atomic mass is 32.2. The van der Waals surface area contributed by atoms with E-state index in [-0.39, 0.29) is 5.75 Å². The molecule has 0 aliphatic carbocycles. The van der Waals surface area contributed by atoms with Crippen LogP contribution in [0.5, 0.6) is 0 Å². The minimum Gasteiger partial charge on any atom is -0.549 e. The van der Waals surface area contributed by atoms with Crippen molar-refractivity contribution in [1.29, 1.82) is 0 Å². The highest BCUT2D eigenvalue weighted by Gasteiger charge is 2.15. The Morgan fingerprint density at radius 1 is 1.61 bits per heavy atom. The Morgan fingerprint density at radius 3 is 3.06 bits per heavy atom. The Hall–Kier alpha value is -2.02. The number of aliphatic carboxylic acids is 1. The van der Waals surface area contributed by atoms with Crippen molar-refractivity contribution in [2.24, 2.45) is 0 Å². The van der Waals surface area contributed by atoms with Gasteiger partial charge in [-0.1, -0.05) is 17.8 Å². The molecule has 6 nitrogen and oxygen atoms in total. The molecule has 0 spiro atoms. The van der Waals surface area contributed by atoms with Crippen LogP contribution in [0, 0.1) is 0 Å². The maximum Gasteiger partial charge on any atom is 0.200 e. The highest BCUT2D eigenvalue weighted by molar-refractivity contribution is 7.99. The third kappa shape index (κ3) is 2.62. The summed E-state index contributed by atoms with van der Waals surface area (Å²) in [5.41, 5.74) is 0. The van der Waals surface area contributed by atoms with E-state index in [2.05, 4.69) is 16.8 Å². The Morgan fingerprint density at radius 2 is 2.44 bits per heavy atom. The van der Waals surface area contributed by atoms with Crippen molar-refractivity contribution in [3.63, 3.8) is 0 Å². The van der Waals surface area contributed by atoms with Crippen molar-refractivity contribution in [2.45, 2.75) is 11.7 Å². The number of hydrogen-bond donors (Lipinski definition) is 0. The zero-order valence-electron chi connectivity index (χ0n) is 9.41. The number of hydrogen-bond acceptors (Lipinski definition) is 6. The number of allylic oxidation sites excluding steroid dienone is 1. The molecule has 0 atom stereocenters. The molecule has 0 radical (unpaired) electrons. The number of carboxylic acids is 1. The van der Waals surface area contributed by atoms with E-state index >= 15 is 0 Å². The van der Waals surface area contributed by atoms with Crippen LogP contribution in [0.2, 0.25) is 0 Å². The van der Waals surface area contributed by atoms with Crippen LogP contribution in [0.15, 0.2) is 40.6 Å². The predicted molar refractivity (Wildman–Crippen MR) is 63.7 cm³/mol. The minimum atomic E-state index is -1.15. The summed E-state index contributed by atoms with van der Waals surface area (Å²) in [6, 6.07) is 3.51. The van der Waals surface area contributed by atoms with Crippen molar-refractivity contribution >= 4 is 17.7 Å². The van der Waals surface area contributed by atoms with Gasteiger partial charge in [-0.15, -0.1) is 16.8 Å². The maximum absolute atomic E-state index is 10.4. The second-order valence-corrected chi connectivity index (χ2v) is 4.29. The van der Waals surface area contributed by atoms with Crippen molar-refractivity contribution in [1.82, 2.24) is 14.8 Å². The minimum absolute atomic E-state index is 0.173. The summed E-state index contributed by atoms with van der Waals surface area (Å²) in [5, 5.41) is 18.9. The molecule has 0 saturated heterocycles. The number of carbonyl (C=O) groups is 1. The van der Waals surface area contributed by atoms with E-state index in [4.69, 9.17) is 4.42 Å². The van der Waals surface area contributed by atoms with Gasteiger partial charge in [0.15, 0.2) is 10.9 Å². The molecule has 7 heteroatoms. The van der Waals surface area contributed by atoms with Crippen molar-refractivity contribution in [3.05, 3.63) is 31.1 Å². The van der Waals surface area contributed by atoms with Gasteiger partial charge in [-0.25, -0.2) is 0 Å². The van der Waals surface area contributed by atoms with Gasteiger partial charge in [-0.05, 0) is 12.1 Å². The first-order valence-corrected chi connectivity index (χ1v) is 6.11. The van der Waals surface area contributed by atoms with E-state index < -0.39 is 5.97 Å². The van der Waals surface area contributed by atoms with Gasteiger partial charge in [-0.2, -0.15) is 0 Å². The number of aromatic nitrogens is 3. The van der Waals surface area contributed by atoms with Crippen molar-refractivity contribution in [2.75, 3.05) is 5.75 Å². The first-order valence-electron chi connectivity index (χ1n) is 5.13. The van der Waals surface area contributed by atoms with E-state index in [1.54, 1.807) is 22.8 Å². The standard InChI is InChI=1S/C11H11N3O3S/c1-2-5-14-10(8-4-3-6-17-8)12-13-11(14)18-7-9(15)16/h2-4,6H,1,5,7H2,(H,15,16)/p-1. The Balaban J connectivity index is 2.31. The second-order valence-electron chi connectivity index (χ2n) is 3.34. The number of nitrogens with zero attached hydrogens (tertiary/aromatic N) is 3. The Kier molecular flexibility index (Phi) is 3.83. The van der Waals surface area contributed by atoms with Crippen LogP contribution in [-0.2, 0) is 11.3 Å². The van der Waals surface area contributed by atoms with E-state index in [0.717, 1.165) is 11.8 Å². The summed E-state index contributed by atoms with van der Waals surface area (Å²) in [6.45, 7) is 4.12. The Labute approximate surface area is 107 Å². The Bertz CT molecular complexity index is 548. The van der Waals surface area contributed by atoms with E-state index in [9.17, 15) is 9.90 Å². The van der Waals surface area contributed by atoms with Crippen LogP contribution in [-0.4, -0.2) is 26.5 Å². The zero-order valence-corrected chi connectivity index (χ0v) is 10.2. The van der Waals surface area contributed by atoms with Gasteiger partial charge in [0.1, 0.15) is 0 Å². The lowest BCUT2D eigenvalue weighted by molar-refractivity contribution is -0.301. The molecule has 0 amide bonds. The fraction of sp³-hybridized carbons (Fsp3) is 0.182. The highest BCUT2D eigenvalue weighted by Crippen LogP contribution is 2.23. The second kappa shape index (κ2) is 5.54. The molecular weight excluding hydrogens is 254 g/mol. The van der Waals surface area contributed by atoms with Crippen LogP contribution in [0.1, 0.15) is 0 Å². The van der Waals surface area contributed by atoms with Crippen molar-refractivity contribution in [3.8, 4) is 11.6 Å². The van der Waals surface area contributed by atoms with Crippen LogP contribution in [0.4, 0.5) is 0 Å². The van der Waals surface area contributed by atoms with Crippen molar-refractivity contribution < 1.29 is 14.3 Å². The monoisotopic (exact) mass is 264 g/mol. The molecule has 2 rings (SSSR count). The lowest BCUT2D eigenvalue weighted by Crippen LogP contribution is -2.24. The smallest absolute Gasteiger partial charge is 0.200 e. The average Bonchev–Trinajstić information content (AvgIpc) is 2.95. The molecule has 0 aromatic carbocycles. The number of rotatable bonds is 6. The van der Waals surface area contributed by atoms with Gasteiger partial charge < -0.3 is 14.3 Å².